The van der Waals surface area contributed by atoms with Gasteiger partial charge in [0.1, 0.15) is 5.82 Å². The third kappa shape index (κ3) is 1.48. The number of anilines is 2. The minimum absolute atomic E-state index is 0.719. The second kappa shape index (κ2) is 3.52. The number of rotatable bonds is 1. The van der Waals surface area contributed by atoms with Crippen LogP contribution < -0.4 is 10.6 Å². The van der Waals surface area contributed by atoms with Gasteiger partial charge in [-0.1, -0.05) is 6.07 Å². The highest BCUT2D eigenvalue weighted by Crippen LogP contribution is 2.33. The van der Waals surface area contributed by atoms with E-state index in [1.54, 1.807) is 4.68 Å². The molecule has 0 saturated heterocycles. The maximum atomic E-state index is 6.00. The lowest BCUT2D eigenvalue weighted by Crippen LogP contribution is -2.12. The van der Waals surface area contributed by atoms with E-state index >= 15 is 0 Å². The summed E-state index contributed by atoms with van der Waals surface area (Å²) in [5, 5.41) is 4.18. The molecule has 2 heterocycles. The Balaban J connectivity index is 2.09. The smallest absolute Gasteiger partial charge is 0.129 e. The molecule has 1 aliphatic rings. The zero-order chi connectivity index (χ0) is 12.0. The van der Waals surface area contributed by atoms with Crippen molar-refractivity contribution in [2.75, 3.05) is 24.2 Å². The van der Waals surface area contributed by atoms with E-state index in [9.17, 15) is 0 Å². The van der Waals surface area contributed by atoms with E-state index in [1.807, 2.05) is 13.2 Å². The van der Waals surface area contributed by atoms with Crippen molar-refractivity contribution in [3.63, 3.8) is 0 Å². The number of nitrogen functional groups attached to an aromatic ring is 1. The summed E-state index contributed by atoms with van der Waals surface area (Å²) in [7, 11) is 3.99. The van der Waals surface area contributed by atoms with Crippen LogP contribution in [0.15, 0.2) is 24.4 Å². The Hall–Kier alpha value is -1.97. The van der Waals surface area contributed by atoms with E-state index < -0.39 is 0 Å². The van der Waals surface area contributed by atoms with Gasteiger partial charge in [0.15, 0.2) is 0 Å². The molecular weight excluding hydrogens is 212 g/mol. The zero-order valence-corrected chi connectivity index (χ0v) is 10.1. The molecule has 1 aromatic heterocycles. The van der Waals surface area contributed by atoms with Gasteiger partial charge in [0.2, 0.25) is 0 Å². The number of aryl methyl sites for hydroxylation is 1. The molecule has 4 nitrogen and oxygen atoms in total. The molecule has 0 radical (unpaired) electrons. The molecular formula is C13H16N4. The Morgan fingerprint density at radius 1 is 1.29 bits per heavy atom. The number of likely N-dealkylation sites (N-methyl/N-ethyl adjacent to an activating group) is 1. The molecule has 0 unspecified atom stereocenters. The van der Waals surface area contributed by atoms with E-state index in [0.717, 1.165) is 29.9 Å². The van der Waals surface area contributed by atoms with Crippen LogP contribution in [0.4, 0.5) is 11.5 Å². The zero-order valence-electron chi connectivity index (χ0n) is 10.1. The van der Waals surface area contributed by atoms with Crippen LogP contribution in [0.5, 0.6) is 0 Å². The summed E-state index contributed by atoms with van der Waals surface area (Å²) < 4.78 is 1.70. The molecule has 0 fully saturated rings. The van der Waals surface area contributed by atoms with E-state index in [0.29, 0.717) is 0 Å². The molecule has 3 rings (SSSR count). The second-order valence-corrected chi connectivity index (χ2v) is 4.58. The fourth-order valence-electron chi connectivity index (χ4n) is 2.40. The Bertz CT molecular complexity index is 571. The first-order chi connectivity index (χ1) is 8.16. The average Bonchev–Trinajstić information content (AvgIpc) is 2.85. The summed E-state index contributed by atoms with van der Waals surface area (Å²) in [6, 6.07) is 6.52. The first-order valence-electron chi connectivity index (χ1n) is 5.79. The van der Waals surface area contributed by atoms with E-state index in [1.165, 1.54) is 11.3 Å². The predicted octanol–water partition coefficient (Wildman–Crippen LogP) is 1.66. The van der Waals surface area contributed by atoms with Crippen LogP contribution in [0.3, 0.4) is 0 Å². The van der Waals surface area contributed by atoms with Gasteiger partial charge in [-0.15, -0.1) is 0 Å². The molecule has 1 aliphatic heterocycles. The van der Waals surface area contributed by atoms with Crippen molar-refractivity contribution in [1.82, 2.24) is 9.78 Å². The second-order valence-electron chi connectivity index (χ2n) is 4.58. The van der Waals surface area contributed by atoms with Crippen molar-refractivity contribution in [2.45, 2.75) is 6.42 Å². The first-order valence-corrected chi connectivity index (χ1v) is 5.79. The van der Waals surface area contributed by atoms with Crippen LogP contribution in [-0.4, -0.2) is 23.4 Å². The highest BCUT2D eigenvalue weighted by Gasteiger charge is 2.17. The largest absolute Gasteiger partial charge is 0.383 e. The molecule has 88 valence electrons. The number of nitrogens with two attached hydrogens (primary N) is 1. The lowest BCUT2D eigenvalue weighted by Gasteiger charge is -2.12. The Morgan fingerprint density at radius 2 is 2.12 bits per heavy atom. The standard InChI is InChI=1S/C13H16N4/c1-16-6-5-10-7-9(3-4-12(10)16)11-8-15-17(2)13(11)14/h3-4,7-8H,5-6,14H2,1-2H3. The summed E-state index contributed by atoms with van der Waals surface area (Å²) in [6.07, 6.45) is 2.94. The van der Waals surface area contributed by atoms with Crippen molar-refractivity contribution >= 4 is 11.5 Å². The number of nitrogens with zero attached hydrogens (tertiary/aromatic N) is 3. The molecule has 4 heteroatoms. The molecule has 0 saturated carbocycles. The minimum Gasteiger partial charge on any atom is -0.383 e. The van der Waals surface area contributed by atoms with Crippen LogP contribution in [-0.2, 0) is 13.5 Å². The van der Waals surface area contributed by atoms with Gasteiger partial charge in [-0.05, 0) is 29.7 Å². The lowest BCUT2D eigenvalue weighted by molar-refractivity contribution is 0.779. The molecule has 0 atom stereocenters. The van der Waals surface area contributed by atoms with Gasteiger partial charge in [-0.2, -0.15) is 5.10 Å². The molecule has 1 aromatic carbocycles. The van der Waals surface area contributed by atoms with Crippen molar-refractivity contribution in [3.8, 4) is 11.1 Å². The normalized spacial score (nSPS) is 14.1. The Labute approximate surface area is 101 Å². The van der Waals surface area contributed by atoms with Crippen LogP contribution >= 0.6 is 0 Å². The number of fused-ring (bicyclic) bond motifs is 1. The Morgan fingerprint density at radius 3 is 2.82 bits per heavy atom. The fourth-order valence-corrected chi connectivity index (χ4v) is 2.40. The summed E-state index contributed by atoms with van der Waals surface area (Å²) in [5.41, 5.74) is 10.9. The third-order valence-corrected chi connectivity index (χ3v) is 3.50. The molecule has 0 spiro atoms. The molecule has 2 N–H and O–H groups in total. The van der Waals surface area contributed by atoms with Gasteiger partial charge in [0, 0.05) is 31.9 Å². The van der Waals surface area contributed by atoms with Crippen LogP contribution in [0, 0.1) is 0 Å². The predicted molar refractivity (Wildman–Crippen MR) is 70.0 cm³/mol. The van der Waals surface area contributed by atoms with Gasteiger partial charge in [0.25, 0.3) is 0 Å². The van der Waals surface area contributed by atoms with Gasteiger partial charge >= 0.3 is 0 Å². The summed E-state index contributed by atoms with van der Waals surface area (Å²) >= 11 is 0. The van der Waals surface area contributed by atoms with Crippen LogP contribution in [0.2, 0.25) is 0 Å². The quantitative estimate of drug-likeness (QED) is 0.807. The molecule has 0 amide bonds. The number of benzene rings is 1. The number of aromatic nitrogens is 2. The SMILES string of the molecule is CN1CCc2cc(-c3cnn(C)c3N)ccc21. The molecule has 17 heavy (non-hydrogen) atoms. The molecule has 0 aliphatic carbocycles. The van der Waals surface area contributed by atoms with Gasteiger partial charge < -0.3 is 10.6 Å². The van der Waals surface area contributed by atoms with Crippen LogP contribution in [0.25, 0.3) is 11.1 Å². The Kier molecular flexibility index (Phi) is 2.11. The topological polar surface area (TPSA) is 47.1 Å². The molecule has 2 aromatic rings. The lowest BCUT2D eigenvalue weighted by atomic mass is 10.0. The van der Waals surface area contributed by atoms with Crippen molar-refractivity contribution < 1.29 is 0 Å². The number of hydrogen-bond acceptors (Lipinski definition) is 3. The maximum absolute atomic E-state index is 6.00. The van der Waals surface area contributed by atoms with Crippen molar-refractivity contribution in [2.24, 2.45) is 7.05 Å². The van der Waals surface area contributed by atoms with E-state index in [4.69, 9.17) is 5.73 Å². The van der Waals surface area contributed by atoms with Crippen molar-refractivity contribution in [1.29, 1.82) is 0 Å². The van der Waals surface area contributed by atoms with Crippen LogP contribution in [0.1, 0.15) is 5.56 Å². The highest BCUT2D eigenvalue weighted by molar-refractivity contribution is 5.76. The number of hydrogen-bond donors (Lipinski definition) is 1. The summed E-state index contributed by atoms with van der Waals surface area (Å²) in [4.78, 5) is 2.28. The summed E-state index contributed by atoms with van der Waals surface area (Å²) in [5.74, 6) is 0.719. The fraction of sp³-hybridized carbons (Fsp3) is 0.308. The van der Waals surface area contributed by atoms with Gasteiger partial charge in [-0.25, -0.2) is 0 Å². The first kappa shape index (κ1) is 10.2. The maximum Gasteiger partial charge on any atom is 0.129 e. The third-order valence-electron chi connectivity index (χ3n) is 3.50. The van der Waals surface area contributed by atoms with Crippen molar-refractivity contribution in [3.05, 3.63) is 30.0 Å². The van der Waals surface area contributed by atoms with Gasteiger partial charge in [-0.3, -0.25) is 4.68 Å². The van der Waals surface area contributed by atoms with E-state index in [-0.39, 0.29) is 0 Å². The minimum atomic E-state index is 0.719. The van der Waals surface area contributed by atoms with E-state index in [2.05, 4.69) is 35.2 Å². The highest BCUT2D eigenvalue weighted by atomic mass is 15.3. The monoisotopic (exact) mass is 228 g/mol. The average molecular weight is 228 g/mol. The summed E-state index contributed by atoms with van der Waals surface area (Å²) in [6.45, 7) is 1.10. The van der Waals surface area contributed by atoms with Gasteiger partial charge in [0.05, 0.1) is 6.20 Å². The molecule has 0 bridgehead atoms.